The topological polar surface area (TPSA) is 50.2 Å². The van der Waals surface area contributed by atoms with Crippen LogP contribution in [0.25, 0.3) is 6.08 Å². The number of pyridine rings is 1. The number of fused-ring (bicyclic) bond motifs is 1. The largest absolute Gasteiger partial charge is 0.478 e. The van der Waals surface area contributed by atoms with Gasteiger partial charge >= 0.3 is 5.97 Å². The molecule has 3 nitrogen and oxygen atoms in total. The van der Waals surface area contributed by atoms with E-state index in [-0.39, 0.29) is 0 Å². The number of aromatic nitrogens is 1. The van der Waals surface area contributed by atoms with E-state index in [4.69, 9.17) is 18.0 Å². The number of carboxylic acids is 1. The van der Waals surface area contributed by atoms with Crippen molar-refractivity contribution >= 4 is 23.6 Å². The smallest absolute Gasteiger partial charge is 0.336 e. The quantitative estimate of drug-likeness (QED) is 0.881. The zero-order valence-corrected chi connectivity index (χ0v) is 12.4. The molecule has 0 atom stereocenters. The SMILES string of the molecule is C#Cc1cc(CC2=Cc3nccc(C(=O)O)c3C2)ccc1Cl. The van der Waals surface area contributed by atoms with E-state index < -0.39 is 5.97 Å². The molecule has 0 fully saturated rings. The third-order valence-electron chi connectivity index (χ3n) is 3.68. The van der Waals surface area contributed by atoms with Crippen molar-refractivity contribution in [3.8, 4) is 12.3 Å². The van der Waals surface area contributed by atoms with Crippen molar-refractivity contribution in [2.45, 2.75) is 12.8 Å². The molecule has 1 N–H and O–H groups in total. The van der Waals surface area contributed by atoms with E-state index in [0.29, 0.717) is 29.0 Å². The van der Waals surface area contributed by atoms with Crippen molar-refractivity contribution in [1.82, 2.24) is 4.98 Å². The lowest BCUT2D eigenvalue weighted by Gasteiger charge is -2.06. The molecule has 0 spiro atoms. The molecule has 1 aliphatic carbocycles. The highest BCUT2D eigenvalue weighted by Crippen LogP contribution is 2.29. The lowest BCUT2D eigenvalue weighted by molar-refractivity contribution is 0.0695. The number of carbonyl (C=O) groups is 1. The first-order valence-electron chi connectivity index (χ1n) is 6.74. The van der Waals surface area contributed by atoms with Gasteiger partial charge in [0.05, 0.1) is 16.3 Å². The van der Waals surface area contributed by atoms with Gasteiger partial charge in [-0.25, -0.2) is 4.79 Å². The lowest BCUT2D eigenvalue weighted by Crippen LogP contribution is -2.04. The first-order chi connectivity index (χ1) is 10.6. The molecule has 0 aliphatic heterocycles. The number of rotatable bonds is 3. The maximum absolute atomic E-state index is 11.3. The van der Waals surface area contributed by atoms with Crippen molar-refractivity contribution in [2.24, 2.45) is 0 Å². The summed E-state index contributed by atoms with van der Waals surface area (Å²) in [7, 11) is 0. The van der Waals surface area contributed by atoms with Crippen LogP contribution in [0.4, 0.5) is 0 Å². The second-order valence-corrected chi connectivity index (χ2v) is 5.55. The highest BCUT2D eigenvalue weighted by molar-refractivity contribution is 6.31. The maximum atomic E-state index is 11.3. The van der Waals surface area contributed by atoms with E-state index in [9.17, 15) is 9.90 Å². The number of aromatic carboxylic acids is 1. The molecule has 22 heavy (non-hydrogen) atoms. The number of hydrogen-bond acceptors (Lipinski definition) is 2. The molecule has 4 heteroatoms. The van der Waals surface area contributed by atoms with Gasteiger partial charge in [0.25, 0.3) is 0 Å². The molecule has 0 radical (unpaired) electrons. The van der Waals surface area contributed by atoms with Gasteiger partial charge in [-0.2, -0.15) is 0 Å². The van der Waals surface area contributed by atoms with E-state index >= 15 is 0 Å². The molecule has 1 aliphatic rings. The van der Waals surface area contributed by atoms with Crippen LogP contribution in [0.3, 0.4) is 0 Å². The fraction of sp³-hybridized carbons (Fsp3) is 0.111. The van der Waals surface area contributed by atoms with Gasteiger partial charge in [0.1, 0.15) is 0 Å². The van der Waals surface area contributed by atoms with Crippen LogP contribution in [0.1, 0.15) is 32.7 Å². The van der Waals surface area contributed by atoms with Crippen LogP contribution >= 0.6 is 11.6 Å². The maximum Gasteiger partial charge on any atom is 0.336 e. The molecule has 1 aromatic carbocycles. The van der Waals surface area contributed by atoms with Gasteiger partial charge in [0.15, 0.2) is 0 Å². The van der Waals surface area contributed by atoms with Crippen LogP contribution in [0, 0.1) is 12.3 Å². The van der Waals surface area contributed by atoms with Crippen molar-refractivity contribution < 1.29 is 9.90 Å². The average Bonchev–Trinajstić information content (AvgIpc) is 2.91. The van der Waals surface area contributed by atoms with Crippen LogP contribution < -0.4 is 0 Å². The van der Waals surface area contributed by atoms with Crippen molar-refractivity contribution in [1.29, 1.82) is 0 Å². The van der Waals surface area contributed by atoms with Crippen LogP contribution in [-0.4, -0.2) is 16.1 Å². The van der Waals surface area contributed by atoms with E-state index in [0.717, 1.165) is 22.4 Å². The monoisotopic (exact) mass is 309 g/mol. The predicted molar refractivity (Wildman–Crippen MR) is 86.0 cm³/mol. The number of allylic oxidation sites excluding steroid dienone is 1. The molecule has 1 heterocycles. The Labute approximate surface area is 133 Å². The standard InChI is InChI=1S/C18H12ClNO2/c1-2-13-8-11(3-4-16(13)19)7-12-9-15-14(18(21)22)5-6-20-17(15)10-12/h1,3-6,8,10H,7,9H2,(H,21,22). The lowest BCUT2D eigenvalue weighted by atomic mass is 10.00. The Bertz CT molecular complexity index is 847. The second kappa shape index (κ2) is 5.67. The van der Waals surface area contributed by atoms with Gasteiger partial charge in [-0.15, -0.1) is 6.42 Å². The zero-order chi connectivity index (χ0) is 15.7. The van der Waals surface area contributed by atoms with Crippen LogP contribution in [0.15, 0.2) is 36.0 Å². The summed E-state index contributed by atoms with van der Waals surface area (Å²) in [6.45, 7) is 0. The number of carboxylic acid groups (broad SMARTS) is 1. The third kappa shape index (κ3) is 2.61. The van der Waals surface area contributed by atoms with Gasteiger partial charge in [0, 0.05) is 11.8 Å². The molecule has 2 aromatic rings. The summed E-state index contributed by atoms with van der Waals surface area (Å²) in [6, 6.07) is 7.14. The summed E-state index contributed by atoms with van der Waals surface area (Å²) in [5, 5.41) is 9.80. The summed E-state index contributed by atoms with van der Waals surface area (Å²) in [4.78, 5) is 15.5. The van der Waals surface area contributed by atoms with E-state index in [1.807, 2.05) is 18.2 Å². The number of hydrogen-bond donors (Lipinski definition) is 1. The van der Waals surface area contributed by atoms with E-state index in [1.54, 1.807) is 6.07 Å². The molecular weight excluding hydrogens is 298 g/mol. The summed E-state index contributed by atoms with van der Waals surface area (Å²) < 4.78 is 0. The molecule has 0 amide bonds. The van der Waals surface area contributed by atoms with Crippen molar-refractivity contribution in [3.63, 3.8) is 0 Å². The van der Waals surface area contributed by atoms with E-state index in [1.165, 1.54) is 12.3 Å². The normalized spacial score (nSPS) is 12.5. The first-order valence-corrected chi connectivity index (χ1v) is 7.12. The summed E-state index contributed by atoms with van der Waals surface area (Å²) in [6.07, 6.45) is 10.2. The third-order valence-corrected chi connectivity index (χ3v) is 4.01. The predicted octanol–water partition coefficient (Wildman–Crippen LogP) is 3.60. The van der Waals surface area contributed by atoms with Gasteiger partial charge < -0.3 is 5.11 Å². The van der Waals surface area contributed by atoms with Crippen LogP contribution in [-0.2, 0) is 12.8 Å². The zero-order valence-electron chi connectivity index (χ0n) is 11.6. The van der Waals surface area contributed by atoms with Gasteiger partial charge in [-0.3, -0.25) is 4.98 Å². The minimum absolute atomic E-state index is 0.316. The van der Waals surface area contributed by atoms with Crippen molar-refractivity contribution in [3.05, 3.63) is 69.0 Å². The number of halogens is 1. The molecule has 108 valence electrons. The Hall–Kier alpha value is -2.57. The molecule has 0 unspecified atom stereocenters. The Balaban J connectivity index is 1.86. The summed E-state index contributed by atoms with van der Waals surface area (Å²) >= 11 is 6.01. The first kappa shape index (κ1) is 14.4. The minimum Gasteiger partial charge on any atom is -0.478 e. The van der Waals surface area contributed by atoms with Crippen molar-refractivity contribution in [2.75, 3.05) is 0 Å². The molecular formula is C18H12ClNO2. The Morgan fingerprint density at radius 2 is 2.23 bits per heavy atom. The van der Waals surface area contributed by atoms with Gasteiger partial charge in [0.2, 0.25) is 0 Å². The van der Waals surface area contributed by atoms with Gasteiger partial charge in [-0.1, -0.05) is 29.2 Å². The number of nitrogens with zero attached hydrogens (tertiary/aromatic N) is 1. The Morgan fingerprint density at radius 3 is 2.95 bits per heavy atom. The van der Waals surface area contributed by atoms with Crippen LogP contribution in [0.2, 0.25) is 5.02 Å². The average molecular weight is 310 g/mol. The number of terminal acetylenes is 1. The summed E-state index contributed by atoms with van der Waals surface area (Å²) in [5.41, 5.74) is 4.66. The summed E-state index contributed by atoms with van der Waals surface area (Å²) in [5.74, 6) is 1.64. The Kier molecular flexibility index (Phi) is 3.70. The number of benzene rings is 1. The Morgan fingerprint density at radius 1 is 1.41 bits per heavy atom. The van der Waals surface area contributed by atoms with E-state index in [2.05, 4.69) is 10.9 Å². The second-order valence-electron chi connectivity index (χ2n) is 5.14. The van der Waals surface area contributed by atoms with Gasteiger partial charge in [-0.05, 0) is 48.2 Å². The van der Waals surface area contributed by atoms with Crippen LogP contribution in [0.5, 0.6) is 0 Å². The molecule has 0 bridgehead atoms. The molecule has 3 rings (SSSR count). The highest BCUT2D eigenvalue weighted by Gasteiger charge is 2.20. The fourth-order valence-corrected chi connectivity index (χ4v) is 2.83. The fourth-order valence-electron chi connectivity index (χ4n) is 2.66. The highest BCUT2D eigenvalue weighted by atomic mass is 35.5. The molecule has 0 saturated heterocycles. The molecule has 1 aromatic heterocycles. The molecule has 0 saturated carbocycles. The minimum atomic E-state index is -0.922.